The first kappa shape index (κ1) is 13.5. The Kier molecular flexibility index (Phi) is 3.95. The van der Waals surface area contributed by atoms with E-state index in [1.807, 2.05) is 0 Å². The summed E-state index contributed by atoms with van der Waals surface area (Å²) in [6.45, 7) is 0. The van der Waals surface area contributed by atoms with Crippen LogP contribution in [0, 0.1) is 10.1 Å². The zero-order valence-corrected chi connectivity index (χ0v) is 10.7. The molecule has 2 rings (SSSR count). The quantitative estimate of drug-likeness (QED) is 0.526. The van der Waals surface area contributed by atoms with Crippen LogP contribution in [-0.2, 0) is 0 Å². The molecule has 0 fully saturated rings. The Hall–Kier alpha value is -2.89. The maximum absolute atomic E-state index is 11.0. The van der Waals surface area contributed by atoms with Crippen LogP contribution in [0.1, 0.15) is 5.56 Å². The number of rotatable bonds is 4. The van der Waals surface area contributed by atoms with Crippen molar-refractivity contribution in [3.63, 3.8) is 0 Å². The molecule has 20 heavy (non-hydrogen) atoms. The second-order valence-electron chi connectivity index (χ2n) is 3.96. The minimum atomic E-state index is -0.508. The van der Waals surface area contributed by atoms with E-state index in [1.165, 1.54) is 37.6 Å². The molecule has 0 radical (unpaired) electrons. The number of phenolic OH excluding ortho intramolecular Hbond substituents is 1. The highest BCUT2D eigenvalue weighted by atomic mass is 16.6. The van der Waals surface area contributed by atoms with Gasteiger partial charge in [0, 0.05) is 6.21 Å². The van der Waals surface area contributed by atoms with Crippen molar-refractivity contribution in [3.8, 4) is 11.5 Å². The monoisotopic (exact) mass is 272 g/mol. The SMILES string of the molecule is COc1ccc(N=Cc2ccc(O)cc2)c([N+](=O)[O-])c1. The summed E-state index contributed by atoms with van der Waals surface area (Å²) in [6.07, 6.45) is 1.49. The van der Waals surface area contributed by atoms with Gasteiger partial charge in [-0.3, -0.25) is 10.1 Å². The smallest absolute Gasteiger partial charge is 0.298 e. The highest BCUT2D eigenvalue weighted by molar-refractivity contribution is 5.83. The van der Waals surface area contributed by atoms with E-state index in [0.717, 1.165) is 5.56 Å². The Morgan fingerprint density at radius 1 is 1.25 bits per heavy atom. The van der Waals surface area contributed by atoms with Crippen LogP contribution in [0.25, 0.3) is 0 Å². The number of phenols is 1. The Bertz CT molecular complexity index is 651. The summed E-state index contributed by atoms with van der Waals surface area (Å²) in [5.74, 6) is 0.554. The second-order valence-corrected chi connectivity index (χ2v) is 3.96. The van der Waals surface area contributed by atoms with Crippen LogP contribution in [0.4, 0.5) is 11.4 Å². The maximum Gasteiger partial charge on any atom is 0.298 e. The largest absolute Gasteiger partial charge is 0.508 e. The van der Waals surface area contributed by atoms with Gasteiger partial charge in [0.25, 0.3) is 5.69 Å². The fourth-order valence-electron chi connectivity index (χ4n) is 1.59. The van der Waals surface area contributed by atoms with Gasteiger partial charge < -0.3 is 9.84 Å². The van der Waals surface area contributed by atoms with E-state index in [1.54, 1.807) is 18.2 Å². The van der Waals surface area contributed by atoms with Crippen molar-refractivity contribution in [2.45, 2.75) is 0 Å². The summed E-state index contributed by atoms with van der Waals surface area (Å²) in [6, 6.07) is 10.8. The van der Waals surface area contributed by atoms with Gasteiger partial charge in [-0.15, -0.1) is 0 Å². The van der Waals surface area contributed by atoms with Crippen LogP contribution in [-0.4, -0.2) is 23.4 Å². The Labute approximate surface area is 115 Å². The van der Waals surface area contributed by atoms with Gasteiger partial charge in [0.2, 0.25) is 0 Å². The fourth-order valence-corrected chi connectivity index (χ4v) is 1.59. The molecule has 0 atom stereocenters. The molecule has 0 aliphatic rings. The maximum atomic E-state index is 11.0. The lowest BCUT2D eigenvalue weighted by atomic mass is 10.2. The van der Waals surface area contributed by atoms with Crippen molar-refractivity contribution in [2.24, 2.45) is 4.99 Å². The standard InChI is InChI=1S/C14H12N2O4/c1-20-12-6-7-13(14(8-12)16(18)19)15-9-10-2-4-11(17)5-3-10/h2-9,17H,1H3. The van der Waals surface area contributed by atoms with Crippen molar-refractivity contribution in [1.82, 2.24) is 0 Å². The first-order valence-electron chi connectivity index (χ1n) is 5.75. The minimum Gasteiger partial charge on any atom is -0.508 e. The van der Waals surface area contributed by atoms with E-state index >= 15 is 0 Å². The third-order valence-corrected chi connectivity index (χ3v) is 2.63. The number of aromatic hydroxyl groups is 1. The molecule has 2 aromatic rings. The third-order valence-electron chi connectivity index (χ3n) is 2.63. The summed E-state index contributed by atoms with van der Waals surface area (Å²) in [5, 5.41) is 20.2. The molecule has 0 spiro atoms. The zero-order chi connectivity index (χ0) is 14.5. The van der Waals surface area contributed by atoms with Crippen LogP contribution < -0.4 is 4.74 Å². The molecular formula is C14H12N2O4. The lowest BCUT2D eigenvalue weighted by molar-refractivity contribution is -0.384. The number of hydrogen-bond donors (Lipinski definition) is 1. The number of ether oxygens (including phenoxy) is 1. The van der Waals surface area contributed by atoms with Gasteiger partial charge >= 0.3 is 0 Å². The van der Waals surface area contributed by atoms with E-state index in [4.69, 9.17) is 9.84 Å². The van der Waals surface area contributed by atoms with E-state index in [-0.39, 0.29) is 17.1 Å². The zero-order valence-electron chi connectivity index (χ0n) is 10.7. The molecule has 0 bridgehead atoms. The van der Waals surface area contributed by atoms with Crippen LogP contribution in [0.2, 0.25) is 0 Å². The molecule has 1 N–H and O–H groups in total. The van der Waals surface area contributed by atoms with Crippen LogP contribution >= 0.6 is 0 Å². The van der Waals surface area contributed by atoms with Gasteiger partial charge in [-0.05, 0) is 42.0 Å². The van der Waals surface area contributed by atoms with Gasteiger partial charge in [-0.1, -0.05) is 0 Å². The molecule has 6 nitrogen and oxygen atoms in total. The van der Waals surface area contributed by atoms with Crippen LogP contribution in [0.5, 0.6) is 11.5 Å². The molecule has 0 unspecified atom stereocenters. The number of methoxy groups -OCH3 is 1. The predicted molar refractivity (Wildman–Crippen MR) is 75.0 cm³/mol. The topological polar surface area (TPSA) is 85.0 Å². The summed E-state index contributed by atoms with van der Waals surface area (Å²) < 4.78 is 4.95. The molecule has 0 aromatic heterocycles. The minimum absolute atomic E-state index is 0.126. The highest BCUT2D eigenvalue weighted by Gasteiger charge is 2.13. The fraction of sp³-hybridized carbons (Fsp3) is 0.0714. The van der Waals surface area contributed by atoms with Gasteiger partial charge in [0.1, 0.15) is 17.2 Å². The molecular weight excluding hydrogens is 260 g/mol. The molecule has 0 aliphatic heterocycles. The van der Waals surface area contributed by atoms with Gasteiger partial charge in [-0.2, -0.15) is 0 Å². The van der Waals surface area contributed by atoms with Crippen LogP contribution in [0.15, 0.2) is 47.5 Å². The van der Waals surface area contributed by atoms with Crippen molar-refractivity contribution < 1.29 is 14.8 Å². The number of benzene rings is 2. The predicted octanol–water partition coefficient (Wildman–Crippen LogP) is 3.06. The van der Waals surface area contributed by atoms with Crippen molar-refractivity contribution >= 4 is 17.6 Å². The van der Waals surface area contributed by atoms with Crippen LogP contribution in [0.3, 0.4) is 0 Å². The average Bonchev–Trinajstić information content (AvgIpc) is 2.46. The number of hydrogen-bond acceptors (Lipinski definition) is 5. The third kappa shape index (κ3) is 3.11. The average molecular weight is 272 g/mol. The van der Waals surface area contributed by atoms with Crippen molar-refractivity contribution in [3.05, 3.63) is 58.1 Å². The van der Waals surface area contributed by atoms with E-state index in [2.05, 4.69) is 4.99 Å². The summed E-state index contributed by atoms with van der Waals surface area (Å²) >= 11 is 0. The number of aliphatic imine (C=N–C) groups is 1. The molecule has 0 aliphatic carbocycles. The van der Waals surface area contributed by atoms with Gasteiger partial charge in [0.15, 0.2) is 0 Å². The Morgan fingerprint density at radius 2 is 1.95 bits per heavy atom. The lowest BCUT2D eigenvalue weighted by Gasteiger charge is -2.01. The summed E-state index contributed by atoms with van der Waals surface area (Å²) in [5.41, 5.74) is 0.844. The highest BCUT2D eigenvalue weighted by Crippen LogP contribution is 2.31. The molecule has 0 amide bonds. The van der Waals surface area contributed by atoms with Crippen molar-refractivity contribution in [1.29, 1.82) is 0 Å². The first-order chi connectivity index (χ1) is 9.60. The summed E-state index contributed by atoms with van der Waals surface area (Å²) in [7, 11) is 1.44. The molecule has 102 valence electrons. The summed E-state index contributed by atoms with van der Waals surface area (Å²) in [4.78, 5) is 14.6. The molecule has 6 heteroatoms. The Morgan fingerprint density at radius 3 is 2.55 bits per heavy atom. The Balaban J connectivity index is 2.33. The van der Waals surface area contributed by atoms with Gasteiger partial charge in [-0.25, -0.2) is 4.99 Å². The van der Waals surface area contributed by atoms with Gasteiger partial charge in [0.05, 0.1) is 18.1 Å². The van der Waals surface area contributed by atoms with E-state index in [9.17, 15) is 10.1 Å². The normalized spacial score (nSPS) is 10.7. The first-order valence-corrected chi connectivity index (χ1v) is 5.75. The van der Waals surface area contributed by atoms with E-state index < -0.39 is 4.92 Å². The molecule has 2 aromatic carbocycles. The van der Waals surface area contributed by atoms with E-state index in [0.29, 0.717) is 5.75 Å². The lowest BCUT2D eigenvalue weighted by Crippen LogP contribution is -1.91. The molecule has 0 heterocycles. The number of nitrogens with zero attached hydrogens (tertiary/aromatic N) is 2. The second kappa shape index (κ2) is 5.83. The number of nitro groups is 1. The number of nitro benzene ring substituents is 1. The molecule has 0 saturated carbocycles. The molecule has 0 saturated heterocycles. The van der Waals surface area contributed by atoms with Crippen molar-refractivity contribution in [2.75, 3.05) is 7.11 Å².